The predicted octanol–water partition coefficient (Wildman–Crippen LogP) is 2.87. The highest BCUT2D eigenvalue weighted by Gasteiger charge is 2.34. The van der Waals surface area contributed by atoms with Crippen LogP contribution in [-0.4, -0.2) is 30.6 Å². The number of nitrogens with two attached hydrogens (primary N) is 1. The highest BCUT2D eigenvalue weighted by atomic mass is 15.2. The van der Waals surface area contributed by atoms with Crippen LogP contribution in [0.2, 0.25) is 0 Å². The van der Waals surface area contributed by atoms with Crippen molar-refractivity contribution in [1.82, 2.24) is 4.90 Å². The number of likely N-dealkylation sites (tertiary alicyclic amines) is 1. The molecule has 100 valence electrons. The van der Waals surface area contributed by atoms with Crippen molar-refractivity contribution < 1.29 is 0 Å². The van der Waals surface area contributed by atoms with E-state index in [-0.39, 0.29) is 0 Å². The maximum absolute atomic E-state index is 6.08. The van der Waals surface area contributed by atoms with Crippen molar-refractivity contribution in [1.29, 1.82) is 0 Å². The average molecular weight is 238 g/mol. The maximum Gasteiger partial charge on any atom is 0.0246 e. The van der Waals surface area contributed by atoms with E-state index in [1.54, 1.807) is 0 Å². The summed E-state index contributed by atoms with van der Waals surface area (Å²) in [6.07, 6.45) is 8.59. The molecule has 2 fully saturated rings. The molecule has 1 aliphatic heterocycles. The van der Waals surface area contributed by atoms with Crippen LogP contribution < -0.4 is 5.73 Å². The molecule has 2 heteroatoms. The van der Waals surface area contributed by atoms with Crippen molar-refractivity contribution in [3.63, 3.8) is 0 Å². The summed E-state index contributed by atoms with van der Waals surface area (Å²) >= 11 is 0. The van der Waals surface area contributed by atoms with Gasteiger partial charge in [0.1, 0.15) is 0 Å². The van der Waals surface area contributed by atoms with E-state index in [4.69, 9.17) is 5.73 Å². The van der Waals surface area contributed by atoms with Gasteiger partial charge in [-0.25, -0.2) is 0 Å². The summed E-state index contributed by atoms with van der Waals surface area (Å²) in [6.45, 7) is 8.21. The predicted molar refractivity (Wildman–Crippen MR) is 73.9 cm³/mol. The number of hydrogen-bond acceptors (Lipinski definition) is 2. The Labute approximate surface area is 107 Å². The lowest BCUT2D eigenvalue weighted by Gasteiger charge is -2.33. The molecule has 0 radical (unpaired) electrons. The smallest absolute Gasteiger partial charge is 0.0246 e. The molecular formula is C15H30N2. The van der Waals surface area contributed by atoms with E-state index >= 15 is 0 Å². The van der Waals surface area contributed by atoms with Crippen LogP contribution in [0.4, 0.5) is 0 Å². The van der Waals surface area contributed by atoms with E-state index < -0.39 is 0 Å². The largest absolute Gasteiger partial charge is 0.329 e. The zero-order valence-corrected chi connectivity index (χ0v) is 11.7. The quantitative estimate of drug-likeness (QED) is 0.766. The summed E-state index contributed by atoms with van der Waals surface area (Å²) in [5.74, 6) is 2.59. The molecule has 1 saturated heterocycles. The van der Waals surface area contributed by atoms with Gasteiger partial charge >= 0.3 is 0 Å². The monoisotopic (exact) mass is 238 g/mol. The van der Waals surface area contributed by atoms with Gasteiger partial charge in [0.15, 0.2) is 0 Å². The fourth-order valence-electron chi connectivity index (χ4n) is 3.78. The topological polar surface area (TPSA) is 29.3 Å². The molecule has 1 saturated carbocycles. The highest BCUT2D eigenvalue weighted by Crippen LogP contribution is 2.32. The summed E-state index contributed by atoms with van der Waals surface area (Å²) in [5.41, 5.74) is 6.08. The Balaban J connectivity index is 1.95. The van der Waals surface area contributed by atoms with Gasteiger partial charge in [0.05, 0.1) is 0 Å². The zero-order valence-electron chi connectivity index (χ0n) is 11.7. The molecule has 1 heterocycles. The van der Waals surface area contributed by atoms with E-state index in [0.717, 1.165) is 24.3 Å². The van der Waals surface area contributed by atoms with Gasteiger partial charge in [-0.2, -0.15) is 0 Å². The molecular weight excluding hydrogens is 208 g/mol. The van der Waals surface area contributed by atoms with Crippen molar-refractivity contribution in [2.75, 3.05) is 19.6 Å². The van der Waals surface area contributed by atoms with E-state index in [9.17, 15) is 0 Å². The summed E-state index contributed by atoms with van der Waals surface area (Å²) in [4.78, 5) is 2.70. The first-order valence-electron chi connectivity index (χ1n) is 7.66. The first-order chi connectivity index (χ1) is 8.22. The van der Waals surface area contributed by atoms with Gasteiger partial charge < -0.3 is 5.73 Å². The molecule has 0 aromatic rings. The van der Waals surface area contributed by atoms with Gasteiger partial charge in [0.25, 0.3) is 0 Å². The van der Waals surface area contributed by atoms with Crippen LogP contribution in [0.1, 0.15) is 52.4 Å². The molecule has 2 aliphatic rings. The van der Waals surface area contributed by atoms with Gasteiger partial charge in [-0.1, -0.05) is 39.5 Å². The molecule has 0 amide bonds. The second-order valence-electron chi connectivity index (χ2n) is 6.46. The van der Waals surface area contributed by atoms with Crippen LogP contribution in [0.5, 0.6) is 0 Å². The fraction of sp³-hybridized carbons (Fsp3) is 1.00. The van der Waals surface area contributed by atoms with E-state index in [1.165, 1.54) is 51.6 Å². The van der Waals surface area contributed by atoms with Crippen molar-refractivity contribution in [3.8, 4) is 0 Å². The molecule has 0 bridgehead atoms. The first kappa shape index (κ1) is 13.4. The van der Waals surface area contributed by atoms with Crippen LogP contribution >= 0.6 is 0 Å². The van der Waals surface area contributed by atoms with Gasteiger partial charge in [0.2, 0.25) is 0 Å². The van der Waals surface area contributed by atoms with Crippen LogP contribution in [0, 0.1) is 17.8 Å². The molecule has 17 heavy (non-hydrogen) atoms. The third-order valence-electron chi connectivity index (χ3n) is 5.17. The third kappa shape index (κ3) is 3.23. The lowest BCUT2D eigenvalue weighted by molar-refractivity contribution is 0.159. The van der Waals surface area contributed by atoms with Crippen molar-refractivity contribution in [3.05, 3.63) is 0 Å². The van der Waals surface area contributed by atoms with Crippen LogP contribution in [0.25, 0.3) is 0 Å². The first-order valence-corrected chi connectivity index (χ1v) is 7.66. The lowest BCUT2D eigenvalue weighted by atomic mass is 9.91. The van der Waals surface area contributed by atoms with E-state index in [1.807, 2.05) is 0 Å². The number of hydrogen-bond donors (Lipinski definition) is 1. The van der Waals surface area contributed by atoms with Crippen molar-refractivity contribution in [2.45, 2.75) is 58.4 Å². The SMILES string of the molecule is CC1CN(C(CN)C2CCCCCC2)CC1C. The Bertz CT molecular complexity index is 209. The van der Waals surface area contributed by atoms with Crippen LogP contribution in [-0.2, 0) is 0 Å². The summed E-state index contributed by atoms with van der Waals surface area (Å²) < 4.78 is 0. The summed E-state index contributed by atoms with van der Waals surface area (Å²) in [5, 5.41) is 0. The van der Waals surface area contributed by atoms with Gasteiger partial charge in [-0.05, 0) is 30.6 Å². The lowest BCUT2D eigenvalue weighted by Crippen LogP contribution is -2.44. The molecule has 2 nitrogen and oxygen atoms in total. The normalized spacial score (nSPS) is 34.8. The zero-order chi connectivity index (χ0) is 12.3. The minimum Gasteiger partial charge on any atom is -0.329 e. The fourth-order valence-corrected chi connectivity index (χ4v) is 3.78. The molecule has 3 atom stereocenters. The Morgan fingerprint density at radius 1 is 1.00 bits per heavy atom. The Morgan fingerprint density at radius 3 is 2.00 bits per heavy atom. The van der Waals surface area contributed by atoms with Crippen molar-refractivity contribution >= 4 is 0 Å². The van der Waals surface area contributed by atoms with Crippen molar-refractivity contribution in [2.24, 2.45) is 23.5 Å². The van der Waals surface area contributed by atoms with Crippen LogP contribution in [0.3, 0.4) is 0 Å². The molecule has 0 aromatic heterocycles. The third-order valence-corrected chi connectivity index (χ3v) is 5.17. The Morgan fingerprint density at radius 2 is 1.53 bits per heavy atom. The molecule has 1 aliphatic carbocycles. The van der Waals surface area contributed by atoms with Gasteiger partial charge in [-0.3, -0.25) is 4.90 Å². The second kappa shape index (κ2) is 6.19. The highest BCUT2D eigenvalue weighted by molar-refractivity contribution is 4.88. The number of nitrogens with zero attached hydrogens (tertiary/aromatic N) is 1. The van der Waals surface area contributed by atoms with Gasteiger partial charge in [-0.15, -0.1) is 0 Å². The molecule has 0 spiro atoms. The molecule has 2 rings (SSSR count). The minimum atomic E-state index is 0.667. The second-order valence-corrected chi connectivity index (χ2v) is 6.46. The maximum atomic E-state index is 6.08. The Kier molecular flexibility index (Phi) is 4.87. The van der Waals surface area contributed by atoms with E-state index in [2.05, 4.69) is 18.7 Å². The summed E-state index contributed by atoms with van der Waals surface area (Å²) in [7, 11) is 0. The summed E-state index contributed by atoms with van der Waals surface area (Å²) in [6, 6.07) is 0.667. The molecule has 3 unspecified atom stereocenters. The van der Waals surface area contributed by atoms with Crippen LogP contribution in [0.15, 0.2) is 0 Å². The average Bonchev–Trinajstić information content (AvgIpc) is 2.56. The standard InChI is InChI=1S/C15H30N2/c1-12-10-17(11-13(12)2)15(9-16)14-7-5-3-4-6-8-14/h12-15H,3-11,16H2,1-2H3. The molecule has 2 N–H and O–H groups in total. The number of rotatable bonds is 3. The minimum absolute atomic E-state index is 0.667. The van der Waals surface area contributed by atoms with E-state index in [0.29, 0.717) is 6.04 Å². The van der Waals surface area contributed by atoms with Gasteiger partial charge in [0, 0.05) is 25.7 Å². The Hall–Kier alpha value is -0.0800. The molecule has 0 aromatic carbocycles.